The van der Waals surface area contributed by atoms with Crippen molar-refractivity contribution in [3.05, 3.63) is 30.1 Å². The van der Waals surface area contributed by atoms with Crippen LogP contribution in [0.25, 0.3) is 11.0 Å². The molecule has 0 unspecified atom stereocenters. The van der Waals surface area contributed by atoms with E-state index in [1.165, 1.54) is 0 Å². The maximum Gasteiger partial charge on any atom is 0.146 e. The van der Waals surface area contributed by atoms with Gasteiger partial charge in [-0.1, -0.05) is 17.3 Å². The van der Waals surface area contributed by atoms with Crippen molar-refractivity contribution in [2.24, 2.45) is 10.9 Å². The Morgan fingerprint density at radius 1 is 1.47 bits per heavy atom. The second-order valence-electron chi connectivity index (χ2n) is 3.63. The monoisotopic (exact) mass is 236 g/mol. The van der Waals surface area contributed by atoms with E-state index in [9.17, 15) is 4.39 Å². The van der Waals surface area contributed by atoms with E-state index < -0.39 is 6.67 Å². The predicted molar refractivity (Wildman–Crippen MR) is 62.8 cm³/mol. The topological polar surface area (TPSA) is 76.4 Å². The third-order valence-electron chi connectivity index (χ3n) is 2.51. The van der Waals surface area contributed by atoms with Crippen LogP contribution in [0.2, 0.25) is 0 Å². The quantitative estimate of drug-likeness (QED) is 0.363. The minimum atomic E-state index is -0.483. The van der Waals surface area contributed by atoms with Crippen LogP contribution in [0.3, 0.4) is 0 Å². The lowest BCUT2D eigenvalue weighted by atomic mass is 10.3. The first-order valence-electron chi connectivity index (χ1n) is 5.22. The molecule has 3 N–H and O–H groups in total. The Hall–Kier alpha value is -2.11. The minimum Gasteiger partial charge on any atom is -0.409 e. The number of alkyl halides is 1. The van der Waals surface area contributed by atoms with Gasteiger partial charge in [-0.2, -0.15) is 0 Å². The lowest BCUT2D eigenvalue weighted by Crippen LogP contribution is -2.18. The molecule has 0 amide bonds. The highest BCUT2D eigenvalue weighted by Crippen LogP contribution is 2.16. The summed E-state index contributed by atoms with van der Waals surface area (Å²) < 4.78 is 14.3. The van der Waals surface area contributed by atoms with Crippen LogP contribution in [0.15, 0.2) is 29.4 Å². The van der Waals surface area contributed by atoms with Crippen molar-refractivity contribution in [3.8, 4) is 0 Å². The van der Waals surface area contributed by atoms with Gasteiger partial charge in [-0.3, -0.25) is 0 Å². The third-order valence-corrected chi connectivity index (χ3v) is 2.51. The highest BCUT2D eigenvalue weighted by Gasteiger charge is 2.11. The van der Waals surface area contributed by atoms with Crippen molar-refractivity contribution in [1.29, 1.82) is 0 Å². The minimum absolute atomic E-state index is 0.0559. The third kappa shape index (κ3) is 2.20. The molecule has 0 spiro atoms. The molecule has 0 atom stereocenters. The summed E-state index contributed by atoms with van der Waals surface area (Å²) in [4.78, 5) is 4.34. The molecular weight excluding hydrogens is 223 g/mol. The molecule has 6 heteroatoms. The molecule has 0 bridgehead atoms. The molecule has 2 rings (SSSR count). The van der Waals surface area contributed by atoms with Crippen LogP contribution in [-0.2, 0) is 13.0 Å². The fraction of sp³-hybridized carbons (Fsp3) is 0.273. The first kappa shape index (κ1) is 11.4. The second kappa shape index (κ2) is 4.82. The molecule has 2 aromatic rings. The summed E-state index contributed by atoms with van der Waals surface area (Å²) in [7, 11) is 0. The number of nitrogens with zero attached hydrogens (tertiary/aromatic N) is 3. The van der Waals surface area contributed by atoms with Gasteiger partial charge in [0.1, 0.15) is 18.3 Å². The van der Waals surface area contributed by atoms with E-state index in [0.717, 1.165) is 11.0 Å². The zero-order chi connectivity index (χ0) is 12.3. The molecule has 0 aliphatic carbocycles. The Bertz CT molecular complexity index is 549. The fourth-order valence-corrected chi connectivity index (χ4v) is 1.79. The van der Waals surface area contributed by atoms with Gasteiger partial charge in [-0.15, -0.1) is 0 Å². The number of halogens is 1. The molecule has 0 aliphatic rings. The van der Waals surface area contributed by atoms with Gasteiger partial charge >= 0.3 is 0 Å². The maximum atomic E-state index is 12.5. The van der Waals surface area contributed by atoms with Crippen molar-refractivity contribution >= 4 is 16.9 Å². The Balaban J connectivity index is 2.49. The highest BCUT2D eigenvalue weighted by molar-refractivity contribution is 5.83. The summed E-state index contributed by atoms with van der Waals surface area (Å²) in [6, 6.07) is 7.45. The Morgan fingerprint density at radius 2 is 2.24 bits per heavy atom. The molecule has 1 heterocycles. The number of nitrogens with two attached hydrogens (primary N) is 1. The molecule has 0 aliphatic heterocycles. The normalized spacial score (nSPS) is 12.2. The zero-order valence-corrected chi connectivity index (χ0v) is 9.17. The molecule has 0 fully saturated rings. The van der Waals surface area contributed by atoms with Crippen molar-refractivity contribution < 1.29 is 9.60 Å². The molecule has 90 valence electrons. The van der Waals surface area contributed by atoms with Crippen molar-refractivity contribution in [2.75, 3.05) is 6.67 Å². The molecule has 0 saturated carbocycles. The molecular formula is C11H13FN4O. The predicted octanol–water partition coefficient (Wildman–Crippen LogP) is 1.29. The maximum absolute atomic E-state index is 12.5. The fourth-order valence-electron chi connectivity index (χ4n) is 1.79. The summed E-state index contributed by atoms with van der Waals surface area (Å²) in [6.45, 7) is -0.266. The van der Waals surface area contributed by atoms with Crippen LogP contribution in [0.5, 0.6) is 0 Å². The lowest BCUT2D eigenvalue weighted by Gasteiger charge is -2.05. The van der Waals surface area contributed by atoms with Crippen LogP contribution in [0.4, 0.5) is 4.39 Å². The molecule has 5 nitrogen and oxygen atoms in total. The van der Waals surface area contributed by atoms with Gasteiger partial charge in [0, 0.05) is 0 Å². The summed E-state index contributed by atoms with van der Waals surface area (Å²) in [5.41, 5.74) is 7.08. The molecule has 17 heavy (non-hydrogen) atoms. The number of aromatic nitrogens is 2. The molecule has 0 saturated heterocycles. The van der Waals surface area contributed by atoms with Crippen LogP contribution < -0.4 is 5.73 Å². The van der Waals surface area contributed by atoms with Gasteiger partial charge in [0.15, 0.2) is 0 Å². The standard InChI is InChI=1S/C11H13FN4O/c12-5-6-16-9-4-2-1-3-8(9)14-11(16)7-10(13)15-17/h1-4,17H,5-7H2,(H2,13,15). The number of rotatable bonds is 4. The number of amidine groups is 1. The summed E-state index contributed by atoms with van der Waals surface area (Å²) in [6.07, 6.45) is 0.200. The van der Waals surface area contributed by atoms with Crippen LogP contribution in [-0.4, -0.2) is 27.3 Å². The van der Waals surface area contributed by atoms with Gasteiger partial charge in [0.2, 0.25) is 0 Å². The van der Waals surface area contributed by atoms with Crippen molar-refractivity contribution in [2.45, 2.75) is 13.0 Å². The average Bonchev–Trinajstić information content (AvgIpc) is 2.68. The van der Waals surface area contributed by atoms with E-state index >= 15 is 0 Å². The number of aryl methyl sites for hydroxylation is 1. The van der Waals surface area contributed by atoms with Crippen LogP contribution in [0, 0.1) is 0 Å². The Labute approximate surface area is 97.4 Å². The van der Waals surface area contributed by atoms with Crippen molar-refractivity contribution in [1.82, 2.24) is 9.55 Å². The average molecular weight is 236 g/mol. The van der Waals surface area contributed by atoms with E-state index in [0.29, 0.717) is 5.82 Å². The summed E-state index contributed by atoms with van der Waals surface area (Å²) in [5.74, 6) is 0.652. The molecule has 1 aromatic carbocycles. The Kier molecular flexibility index (Phi) is 3.22. The first-order valence-corrected chi connectivity index (χ1v) is 5.22. The molecule has 0 radical (unpaired) electrons. The summed E-state index contributed by atoms with van der Waals surface area (Å²) >= 11 is 0. The SMILES string of the molecule is N/C(Cc1nc2ccccc2n1CCF)=N/O. The van der Waals surface area contributed by atoms with Crippen molar-refractivity contribution in [3.63, 3.8) is 0 Å². The lowest BCUT2D eigenvalue weighted by molar-refractivity contribution is 0.317. The van der Waals surface area contributed by atoms with Crippen LogP contribution in [0.1, 0.15) is 5.82 Å². The van der Waals surface area contributed by atoms with Gasteiger partial charge < -0.3 is 15.5 Å². The largest absolute Gasteiger partial charge is 0.409 e. The number of benzene rings is 1. The number of hydrogen-bond acceptors (Lipinski definition) is 3. The first-order chi connectivity index (χ1) is 8.26. The number of fused-ring (bicyclic) bond motifs is 1. The van der Waals surface area contributed by atoms with E-state index in [-0.39, 0.29) is 18.8 Å². The number of oxime groups is 1. The van der Waals surface area contributed by atoms with Gasteiger partial charge in [-0.05, 0) is 12.1 Å². The Morgan fingerprint density at radius 3 is 2.94 bits per heavy atom. The molecule has 1 aromatic heterocycles. The van der Waals surface area contributed by atoms with E-state index in [1.54, 1.807) is 4.57 Å². The highest BCUT2D eigenvalue weighted by atomic mass is 19.1. The number of hydrogen-bond donors (Lipinski definition) is 2. The van der Waals surface area contributed by atoms with Gasteiger partial charge in [0.25, 0.3) is 0 Å². The van der Waals surface area contributed by atoms with Crippen LogP contribution >= 0.6 is 0 Å². The second-order valence-corrected chi connectivity index (χ2v) is 3.63. The van der Waals surface area contributed by atoms with E-state index in [1.807, 2.05) is 24.3 Å². The summed E-state index contributed by atoms with van der Waals surface area (Å²) in [5, 5.41) is 11.4. The number of imidazole rings is 1. The number of para-hydroxylation sites is 2. The van der Waals surface area contributed by atoms with Gasteiger partial charge in [-0.25, -0.2) is 9.37 Å². The van der Waals surface area contributed by atoms with Gasteiger partial charge in [0.05, 0.1) is 24.0 Å². The van der Waals surface area contributed by atoms with E-state index in [4.69, 9.17) is 10.9 Å². The van der Waals surface area contributed by atoms with E-state index in [2.05, 4.69) is 10.1 Å². The smallest absolute Gasteiger partial charge is 0.146 e. The zero-order valence-electron chi connectivity index (χ0n) is 9.17.